The highest BCUT2D eigenvalue weighted by Crippen LogP contribution is 2.23. The number of thiophene rings is 1. The van der Waals surface area contributed by atoms with Crippen LogP contribution in [0.25, 0.3) is 0 Å². The van der Waals surface area contributed by atoms with E-state index in [-0.39, 0.29) is 5.91 Å². The van der Waals surface area contributed by atoms with Crippen LogP contribution >= 0.6 is 27.3 Å². The molecule has 0 saturated carbocycles. The van der Waals surface area contributed by atoms with Gasteiger partial charge in [-0.3, -0.25) is 9.79 Å². The summed E-state index contributed by atoms with van der Waals surface area (Å²) in [5, 5.41) is 2.88. The molecule has 0 aliphatic rings. The highest BCUT2D eigenvalue weighted by molar-refractivity contribution is 9.11. The van der Waals surface area contributed by atoms with Crippen LogP contribution in [0.2, 0.25) is 0 Å². The van der Waals surface area contributed by atoms with Crippen molar-refractivity contribution in [2.24, 2.45) is 4.99 Å². The Kier molecular flexibility index (Phi) is 5.00. The maximum absolute atomic E-state index is 12.5. The predicted octanol–water partition coefficient (Wildman–Crippen LogP) is 5.51. The fourth-order valence-corrected chi connectivity index (χ4v) is 3.32. The van der Waals surface area contributed by atoms with Crippen LogP contribution in [0, 0.1) is 0 Å². The van der Waals surface area contributed by atoms with Crippen molar-refractivity contribution in [3.63, 3.8) is 0 Å². The third-order valence-electron chi connectivity index (χ3n) is 3.11. The number of carbonyl (C=O) groups is 1. The van der Waals surface area contributed by atoms with E-state index in [0.29, 0.717) is 11.3 Å². The third kappa shape index (κ3) is 4.15. The molecule has 3 aromatic rings. The van der Waals surface area contributed by atoms with Crippen LogP contribution in [0.3, 0.4) is 0 Å². The van der Waals surface area contributed by atoms with E-state index in [1.54, 1.807) is 23.6 Å². The van der Waals surface area contributed by atoms with Crippen molar-refractivity contribution in [3.8, 4) is 0 Å². The van der Waals surface area contributed by atoms with Gasteiger partial charge in [0.05, 0.1) is 15.0 Å². The molecule has 0 aliphatic heterocycles. The standard InChI is InChI=1S/C18H13BrN2OS/c19-17-11-10-14(23-17)12-20-16-9-5-4-8-15(16)18(22)21-13-6-2-1-3-7-13/h1-12H,(H,21,22). The monoisotopic (exact) mass is 384 g/mol. The van der Waals surface area contributed by atoms with E-state index in [2.05, 4.69) is 26.2 Å². The lowest BCUT2D eigenvalue weighted by Gasteiger charge is -2.07. The van der Waals surface area contributed by atoms with Crippen LogP contribution in [0.1, 0.15) is 15.2 Å². The summed E-state index contributed by atoms with van der Waals surface area (Å²) in [5.41, 5.74) is 1.95. The van der Waals surface area contributed by atoms with Crippen LogP contribution < -0.4 is 5.32 Å². The zero-order valence-electron chi connectivity index (χ0n) is 12.1. The summed E-state index contributed by atoms with van der Waals surface area (Å²) in [7, 11) is 0. The molecule has 0 aliphatic carbocycles. The lowest BCUT2D eigenvalue weighted by Crippen LogP contribution is -2.11. The first-order chi connectivity index (χ1) is 11.2. The molecular formula is C18H13BrN2OS. The van der Waals surface area contributed by atoms with E-state index in [4.69, 9.17) is 0 Å². The Morgan fingerprint density at radius 3 is 2.48 bits per heavy atom. The van der Waals surface area contributed by atoms with E-state index in [1.165, 1.54) is 0 Å². The number of carbonyl (C=O) groups excluding carboxylic acids is 1. The van der Waals surface area contributed by atoms with Crippen molar-refractivity contribution >= 4 is 50.8 Å². The van der Waals surface area contributed by atoms with Crippen molar-refractivity contribution in [1.29, 1.82) is 0 Å². The number of para-hydroxylation sites is 2. The van der Waals surface area contributed by atoms with Crippen molar-refractivity contribution in [3.05, 3.63) is 81.0 Å². The first-order valence-corrected chi connectivity index (χ1v) is 8.58. The molecular weight excluding hydrogens is 372 g/mol. The average molecular weight is 385 g/mol. The summed E-state index contributed by atoms with van der Waals surface area (Å²) in [5.74, 6) is -0.170. The van der Waals surface area contributed by atoms with Crippen LogP contribution in [-0.2, 0) is 0 Å². The summed E-state index contributed by atoms with van der Waals surface area (Å²) < 4.78 is 1.05. The Hall–Kier alpha value is -2.24. The molecule has 0 atom stereocenters. The number of hydrogen-bond donors (Lipinski definition) is 1. The van der Waals surface area contributed by atoms with Gasteiger partial charge in [-0.25, -0.2) is 0 Å². The molecule has 114 valence electrons. The minimum atomic E-state index is -0.170. The van der Waals surface area contributed by atoms with Crippen LogP contribution in [0.5, 0.6) is 0 Å². The summed E-state index contributed by atoms with van der Waals surface area (Å²) >= 11 is 5.02. The number of benzene rings is 2. The second-order valence-electron chi connectivity index (χ2n) is 4.74. The molecule has 3 nitrogen and oxygen atoms in total. The molecule has 1 N–H and O–H groups in total. The van der Waals surface area contributed by atoms with Crippen molar-refractivity contribution < 1.29 is 4.79 Å². The van der Waals surface area contributed by atoms with Crippen molar-refractivity contribution in [2.75, 3.05) is 5.32 Å². The van der Waals surface area contributed by atoms with Crippen LogP contribution in [0.15, 0.2) is 75.5 Å². The highest BCUT2D eigenvalue weighted by Gasteiger charge is 2.10. The zero-order valence-corrected chi connectivity index (χ0v) is 14.5. The molecule has 0 bridgehead atoms. The molecule has 0 spiro atoms. The van der Waals surface area contributed by atoms with Gasteiger partial charge in [-0.2, -0.15) is 0 Å². The minimum Gasteiger partial charge on any atom is -0.322 e. The molecule has 0 saturated heterocycles. The molecule has 23 heavy (non-hydrogen) atoms. The van der Waals surface area contributed by atoms with Gasteiger partial charge in [0.25, 0.3) is 5.91 Å². The smallest absolute Gasteiger partial charge is 0.257 e. The Morgan fingerprint density at radius 1 is 1.00 bits per heavy atom. The number of nitrogens with zero attached hydrogens (tertiary/aromatic N) is 1. The largest absolute Gasteiger partial charge is 0.322 e. The molecule has 1 heterocycles. The Bertz CT molecular complexity index is 843. The van der Waals surface area contributed by atoms with E-state index in [0.717, 1.165) is 14.4 Å². The Morgan fingerprint density at radius 2 is 1.74 bits per heavy atom. The maximum Gasteiger partial charge on any atom is 0.257 e. The van der Waals surface area contributed by atoms with Gasteiger partial charge in [0.2, 0.25) is 0 Å². The van der Waals surface area contributed by atoms with Crippen LogP contribution in [-0.4, -0.2) is 12.1 Å². The average Bonchev–Trinajstić information content (AvgIpc) is 2.99. The number of hydrogen-bond acceptors (Lipinski definition) is 3. The highest BCUT2D eigenvalue weighted by atomic mass is 79.9. The molecule has 1 aromatic heterocycles. The van der Waals surface area contributed by atoms with Crippen molar-refractivity contribution in [2.45, 2.75) is 0 Å². The van der Waals surface area contributed by atoms with Gasteiger partial charge in [-0.1, -0.05) is 30.3 Å². The number of amides is 1. The number of halogens is 1. The topological polar surface area (TPSA) is 41.5 Å². The fourth-order valence-electron chi connectivity index (χ4n) is 2.03. The predicted molar refractivity (Wildman–Crippen MR) is 100 cm³/mol. The third-order valence-corrected chi connectivity index (χ3v) is 4.66. The minimum absolute atomic E-state index is 0.170. The van der Waals surface area contributed by atoms with Gasteiger partial charge >= 0.3 is 0 Å². The van der Waals surface area contributed by atoms with Gasteiger partial charge in [0, 0.05) is 16.8 Å². The van der Waals surface area contributed by atoms with Gasteiger partial charge in [0.15, 0.2) is 0 Å². The lowest BCUT2D eigenvalue weighted by atomic mass is 10.1. The summed E-state index contributed by atoms with van der Waals surface area (Å²) in [4.78, 5) is 17.9. The zero-order chi connectivity index (χ0) is 16.1. The second kappa shape index (κ2) is 7.35. The van der Waals surface area contributed by atoms with Gasteiger partial charge < -0.3 is 5.32 Å². The number of aliphatic imine (C=N–C) groups is 1. The van der Waals surface area contributed by atoms with Crippen LogP contribution in [0.4, 0.5) is 11.4 Å². The summed E-state index contributed by atoms with van der Waals surface area (Å²) in [6.45, 7) is 0. The Labute approximate surface area is 146 Å². The second-order valence-corrected chi connectivity index (χ2v) is 7.23. The summed E-state index contributed by atoms with van der Waals surface area (Å²) in [6.07, 6.45) is 1.77. The van der Waals surface area contributed by atoms with Gasteiger partial charge in [-0.05, 0) is 52.3 Å². The van der Waals surface area contributed by atoms with Crippen molar-refractivity contribution in [1.82, 2.24) is 0 Å². The number of rotatable bonds is 4. The summed E-state index contributed by atoms with van der Waals surface area (Å²) in [6, 6.07) is 20.6. The molecule has 0 unspecified atom stereocenters. The fraction of sp³-hybridized carbons (Fsp3) is 0. The SMILES string of the molecule is O=C(Nc1ccccc1)c1ccccc1N=Cc1ccc(Br)s1. The van der Waals surface area contributed by atoms with Gasteiger partial charge in [0.1, 0.15) is 0 Å². The first kappa shape index (κ1) is 15.6. The first-order valence-electron chi connectivity index (χ1n) is 6.97. The lowest BCUT2D eigenvalue weighted by molar-refractivity contribution is 0.102. The molecule has 0 fully saturated rings. The molecule has 0 radical (unpaired) electrons. The molecule has 5 heteroatoms. The van der Waals surface area contributed by atoms with E-state index in [9.17, 15) is 4.79 Å². The number of anilines is 1. The quantitative estimate of drug-likeness (QED) is 0.591. The van der Waals surface area contributed by atoms with E-state index in [1.807, 2.05) is 60.7 Å². The van der Waals surface area contributed by atoms with E-state index >= 15 is 0 Å². The molecule has 1 amide bonds. The molecule has 3 rings (SSSR count). The van der Waals surface area contributed by atoms with E-state index < -0.39 is 0 Å². The Balaban J connectivity index is 1.82. The maximum atomic E-state index is 12.5. The van der Waals surface area contributed by atoms with Gasteiger partial charge in [-0.15, -0.1) is 11.3 Å². The molecule has 2 aromatic carbocycles. The number of nitrogens with one attached hydrogen (secondary N) is 1. The normalized spacial score (nSPS) is 10.8.